The van der Waals surface area contributed by atoms with Gasteiger partial charge < -0.3 is 5.73 Å². The molecule has 0 spiro atoms. The van der Waals surface area contributed by atoms with Crippen LogP contribution in [-0.4, -0.2) is 0 Å². The van der Waals surface area contributed by atoms with Gasteiger partial charge in [0.05, 0.1) is 0 Å². The smallest absolute Gasteiger partial charge is 0.137 e. The van der Waals surface area contributed by atoms with Gasteiger partial charge in [-0.3, -0.25) is 0 Å². The summed E-state index contributed by atoms with van der Waals surface area (Å²) in [6.45, 7) is 0. The molecule has 0 aromatic heterocycles. The Morgan fingerprint density at radius 2 is 1.62 bits per heavy atom. The van der Waals surface area contributed by atoms with E-state index in [1.54, 1.807) is 12.1 Å². The lowest BCUT2D eigenvalue weighted by molar-refractivity contribution is 0.616. The number of nitrogen functional groups attached to an aromatic ring is 1. The predicted molar refractivity (Wildman–Crippen MR) is 74.1 cm³/mol. The first kappa shape index (κ1) is 11.7. The molecule has 2 N–H and O–H groups in total. The molecule has 0 aliphatic rings. The van der Waals surface area contributed by atoms with Gasteiger partial charge in [-0.25, -0.2) is 4.39 Å². The zero-order valence-electron chi connectivity index (χ0n) is 8.28. The monoisotopic (exact) mass is 345 g/mol. The largest absolute Gasteiger partial charge is 0.399 e. The molecule has 0 aliphatic heterocycles. The van der Waals surface area contributed by atoms with E-state index in [1.807, 2.05) is 52.9 Å². The molecule has 82 valence electrons. The standard InChI is InChI=1S/C12H9FINS/c13-11-7-10(5-6-12(11)14)16-9-3-1-8(15)2-4-9/h1-7H,15H2. The molecule has 0 fully saturated rings. The second-order valence-corrected chi connectivity index (χ2v) is 5.56. The molecule has 0 atom stereocenters. The van der Waals surface area contributed by atoms with Crippen molar-refractivity contribution in [2.45, 2.75) is 9.79 Å². The van der Waals surface area contributed by atoms with Gasteiger partial charge in [0, 0.05) is 19.0 Å². The minimum Gasteiger partial charge on any atom is -0.399 e. The summed E-state index contributed by atoms with van der Waals surface area (Å²) in [5.41, 5.74) is 6.33. The second-order valence-electron chi connectivity index (χ2n) is 3.25. The van der Waals surface area contributed by atoms with Crippen LogP contribution in [0.1, 0.15) is 0 Å². The molecule has 2 aromatic rings. The summed E-state index contributed by atoms with van der Waals surface area (Å²) in [7, 11) is 0. The first-order valence-electron chi connectivity index (χ1n) is 4.63. The number of benzene rings is 2. The molecular weight excluding hydrogens is 336 g/mol. The fourth-order valence-corrected chi connectivity index (χ4v) is 2.39. The summed E-state index contributed by atoms with van der Waals surface area (Å²) < 4.78 is 13.9. The van der Waals surface area contributed by atoms with Gasteiger partial charge >= 0.3 is 0 Å². The summed E-state index contributed by atoms with van der Waals surface area (Å²) in [4.78, 5) is 1.94. The maximum atomic E-state index is 13.3. The average molecular weight is 345 g/mol. The van der Waals surface area contributed by atoms with Crippen LogP contribution in [0.3, 0.4) is 0 Å². The van der Waals surface area contributed by atoms with Crippen molar-refractivity contribution in [2.24, 2.45) is 0 Å². The molecule has 0 saturated heterocycles. The van der Waals surface area contributed by atoms with Gasteiger partial charge in [-0.1, -0.05) is 11.8 Å². The van der Waals surface area contributed by atoms with Crippen molar-refractivity contribution in [3.63, 3.8) is 0 Å². The molecule has 2 rings (SSSR count). The summed E-state index contributed by atoms with van der Waals surface area (Å²) in [6.07, 6.45) is 0. The number of nitrogens with two attached hydrogens (primary N) is 1. The molecule has 2 aromatic carbocycles. The van der Waals surface area contributed by atoms with E-state index in [4.69, 9.17) is 5.73 Å². The number of hydrogen-bond donors (Lipinski definition) is 1. The zero-order chi connectivity index (χ0) is 11.5. The normalized spacial score (nSPS) is 10.4. The van der Waals surface area contributed by atoms with Crippen LogP contribution in [0.4, 0.5) is 10.1 Å². The molecule has 0 heterocycles. The Hall–Kier alpha value is -0.750. The third-order valence-corrected chi connectivity index (χ3v) is 3.88. The minimum atomic E-state index is -0.180. The van der Waals surface area contributed by atoms with Gasteiger partial charge in [0.25, 0.3) is 0 Å². The fraction of sp³-hybridized carbons (Fsp3) is 0. The maximum Gasteiger partial charge on any atom is 0.137 e. The third kappa shape index (κ3) is 2.89. The lowest BCUT2D eigenvalue weighted by atomic mass is 10.3. The predicted octanol–water partition coefficient (Wildman–Crippen LogP) is 4.16. The summed E-state index contributed by atoms with van der Waals surface area (Å²) in [6, 6.07) is 12.8. The summed E-state index contributed by atoms with van der Waals surface area (Å²) in [5.74, 6) is -0.180. The van der Waals surface area contributed by atoms with E-state index in [0.29, 0.717) is 3.57 Å². The van der Waals surface area contributed by atoms with E-state index < -0.39 is 0 Å². The number of anilines is 1. The van der Waals surface area contributed by atoms with Crippen molar-refractivity contribution in [3.8, 4) is 0 Å². The number of hydrogen-bond acceptors (Lipinski definition) is 2. The third-order valence-electron chi connectivity index (χ3n) is 2.01. The first-order valence-corrected chi connectivity index (χ1v) is 6.53. The van der Waals surface area contributed by atoms with Crippen LogP contribution in [0.5, 0.6) is 0 Å². The highest BCUT2D eigenvalue weighted by Gasteiger charge is 2.02. The molecular formula is C12H9FINS. The fourth-order valence-electron chi connectivity index (χ4n) is 1.21. The van der Waals surface area contributed by atoms with Gasteiger partial charge in [0.1, 0.15) is 5.82 Å². The van der Waals surface area contributed by atoms with Crippen molar-refractivity contribution in [2.75, 3.05) is 5.73 Å². The van der Waals surface area contributed by atoms with E-state index in [2.05, 4.69) is 0 Å². The van der Waals surface area contributed by atoms with Gasteiger partial charge in [-0.05, 0) is 65.1 Å². The topological polar surface area (TPSA) is 26.0 Å². The SMILES string of the molecule is Nc1ccc(Sc2ccc(I)c(F)c2)cc1. The van der Waals surface area contributed by atoms with E-state index >= 15 is 0 Å². The Kier molecular flexibility index (Phi) is 3.70. The van der Waals surface area contributed by atoms with Crippen molar-refractivity contribution in [1.82, 2.24) is 0 Å². The van der Waals surface area contributed by atoms with Crippen LogP contribution in [0.15, 0.2) is 52.3 Å². The van der Waals surface area contributed by atoms with Crippen LogP contribution >= 0.6 is 34.4 Å². The van der Waals surface area contributed by atoms with Crippen molar-refractivity contribution < 1.29 is 4.39 Å². The maximum absolute atomic E-state index is 13.3. The minimum absolute atomic E-state index is 0.180. The highest BCUT2D eigenvalue weighted by molar-refractivity contribution is 14.1. The van der Waals surface area contributed by atoms with Crippen LogP contribution in [-0.2, 0) is 0 Å². The van der Waals surface area contributed by atoms with Crippen LogP contribution in [0, 0.1) is 9.39 Å². The molecule has 0 bridgehead atoms. The Balaban J connectivity index is 2.20. The average Bonchev–Trinajstić information content (AvgIpc) is 2.27. The number of halogens is 2. The van der Waals surface area contributed by atoms with Gasteiger partial charge in [0.15, 0.2) is 0 Å². The molecule has 1 nitrogen and oxygen atoms in total. The van der Waals surface area contributed by atoms with Gasteiger partial charge in [-0.2, -0.15) is 0 Å². The van der Waals surface area contributed by atoms with Gasteiger partial charge in [-0.15, -0.1) is 0 Å². The van der Waals surface area contributed by atoms with Crippen molar-refractivity contribution in [1.29, 1.82) is 0 Å². The van der Waals surface area contributed by atoms with E-state index in [0.717, 1.165) is 15.5 Å². The van der Waals surface area contributed by atoms with E-state index in [-0.39, 0.29) is 5.82 Å². The molecule has 4 heteroatoms. The Labute approximate surface area is 111 Å². The summed E-state index contributed by atoms with van der Waals surface area (Å²) >= 11 is 3.50. The summed E-state index contributed by atoms with van der Waals surface area (Å²) in [5, 5.41) is 0. The Morgan fingerprint density at radius 1 is 1.00 bits per heavy atom. The molecule has 0 unspecified atom stereocenters. The highest BCUT2D eigenvalue weighted by Crippen LogP contribution is 2.29. The first-order chi connectivity index (χ1) is 7.65. The van der Waals surface area contributed by atoms with E-state index in [9.17, 15) is 4.39 Å². The van der Waals surface area contributed by atoms with Crippen LogP contribution in [0.2, 0.25) is 0 Å². The van der Waals surface area contributed by atoms with Crippen molar-refractivity contribution in [3.05, 3.63) is 51.9 Å². The van der Waals surface area contributed by atoms with Crippen molar-refractivity contribution >= 4 is 40.0 Å². The number of rotatable bonds is 2. The van der Waals surface area contributed by atoms with E-state index in [1.165, 1.54) is 11.8 Å². The highest BCUT2D eigenvalue weighted by atomic mass is 127. The molecule has 0 aliphatic carbocycles. The second kappa shape index (κ2) is 5.05. The van der Waals surface area contributed by atoms with Gasteiger partial charge in [0.2, 0.25) is 0 Å². The molecule has 0 saturated carbocycles. The molecule has 0 amide bonds. The van der Waals surface area contributed by atoms with Crippen LogP contribution in [0.25, 0.3) is 0 Å². The lowest BCUT2D eigenvalue weighted by Gasteiger charge is -2.03. The Bertz CT molecular complexity index is 499. The molecule has 0 radical (unpaired) electrons. The molecule has 16 heavy (non-hydrogen) atoms. The Morgan fingerprint density at radius 3 is 2.25 bits per heavy atom. The zero-order valence-corrected chi connectivity index (χ0v) is 11.3. The quantitative estimate of drug-likeness (QED) is 0.653. The van der Waals surface area contributed by atoms with Crippen LogP contribution < -0.4 is 5.73 Å². The lowest BCUT2D eigenvalue weighted by Crippen LogP contribution is -1.84.